The van der Waals surface area contributed by atoms with Crippen LogP contribution in [0, 0.1) is 6.92 Å². The molecule has 4 nitrogen and oxygen atoms in total. The van der Waals surface area contributed by atoms with Crippen molar-refractivity contribution in [1.82, 2.24) is 9.55 Å². The molecule has 0 radical (unpaired) electrons. The monoisotopic (exact) mass is 182 g/mol. The Morgan fingerprint density at radius 3 is 2.85 bits per heavy atom. The topological polar surface area (TPSA) is 44.1 Å². The number of nitrogens with zero attached hydrogens (tertiary/aromatic N) is 2. The van der Waals surface area contributed by atoms with Crippen molar-refractivity contribution in [1.29, 1.82) is 0 Å². The maximum atomic E-state index is 11.1. The summed E-state index contributed by atoms with van der Waals surface area (Å²) in [7, 11) is 1.90. The molecule has 1 aromatic heterocycles. The van der Waals surface area contributed by atoms with E-state index in [9.17, 15) is 4.79 Å². The van der Waals surface area contributed by atoms with E-state index in [0.29, 0.717) is 6.61 Å². The van der Waals surface area contributed by atoms with Gasteiger partial charge in [-0.15, -0.1) is 0 Å². The van der Waals surface area contributed by atoms with Gasteiger partial charge in [0, 0.05) is 13.2 Å². The molecule has 0 amide bonds. The van der Waals surface area contributed by atoms with Gasteiger partial charge in [0.25, 0.3) is 0 Å². The number of hydrogen-bond acceptors (Lipinski definition) is 3. The van der Waals surface area contributed by atoms with E-state index < -0.39 is 0 Å². The van der Waals surface area contributed by atoms with Gasteiger partial charge in [0.2, 0.25) is 0 Å². The minimum absolute atomic E-state index is 0.222. The molecule has 72 valence electrons. The lowest BCUT2D eigenvalue weighted by Crippen LogP contribution is -2.07. The summed E-state index contributed by atoms with van der Waals surface area (Å²) in [6.45, 7) is 4.11. The number of aromatic nitrogens is 2. The van der Waals surface area contributed by atoms with Crippen molar-refractivity contribution < 1.29 is 9.53 Å². The van der Waals surface area contributed by atoms with Crippen LogP contribution in [0.1, 0.15) is 18.4 Å². The highest BCUT2D eigenvalue weighted by molar-refractivity contribution is 5.71. The molecule has 0 aliphatic heterocycles. The zero-order valence-electron chi connectivity index (χ0n) is 8.20. The molecule has 0 saturated carbocycles. The molecule has 13 heavy (non-hydrogen) atoms. The summed E-state index contributed by atoms with van der Waals surface area (Å²) in [6.07, 6.45) is 2.10. The summed E-state index contributed by atoms with van der Waals surface area (Å²) >= 11 is 0. The zero-order valence-corrected chi connectivity index (χ0v) is 8.20. The molecule has 0 saturated heterocycles. The first-order valence-electron chi connectivity index (χ1n) is 4.28. The number of hydrogen-bond donors (Lipinski definition) is 0. The lowest BCUT2D eigenvalue weighted by Gasteiger charge is -1.97. The second-order valence-electron chi connectivity index (χ2n) is 2.87. The third kappa shape index (κ3) is 2.57. The molecule has 0 aliphatic carbocycles. The minimum Gasteiger partial charge on any atom is -0.466 e. The molecular weight excluding hydrogens is 168 g/mol. The van der Waals surface area contributed by atoms with Crippen LogP contribution in [0.5, 0.6) is 0 Å². The number of esters is 1. The summed E-state index contributed by atoms with van der Waals surface area (Å²) in [5, 5.41) is 0. The molecule has 0 aliphatic rings. The van der Waals surface area contributed by atoms with Gasteiger partial charge in [-0.2, -0.15) is 0 Å². The lowest BCUT2D eigenvalue weighted by atomic mass is 10.3. The van der Waals surface area contributed by atoms with Crippen LogP contribution in [-0.2, 0) is 23.0 Å². The van der Waals surface area contributed by atoms with Gasteiger partial charge in [0.15, 0.2) is 0 Å². The van der Waals surface area contributed by atoms with Crippen LogP contribution in [0.15, 0.2) is 6.20 Å². The molecule has 0 bridgehead atoms. The fraction of sp³-hybridized carbons (Fsp3) is 0.556. The Morgan fingerprint density at radius 1 is 1.69 bits per heavy atom. The quantitative estimate of drug-likeness (QED) is 0.650. The van der Waals surface area contributed by atoms with E-state index >= 15 is 0 Å². The smallest absolute Gasteiger partial charge is 0.311 e. The summed E-state index contributed by atoms with van der Waals surface area (Å²) in [5.41, 5.74) is 0.762. The van der Waals surface area contributed by atoms with Gasteiger partial charge in [0.1, 0.15) is 5.82 Å². The molecule has 0 aromatic carbocycles. The van der Waals surface area contributed by atoms with Crippen LogP contribution >= 0.6 is 0 Å². The molecule has 1 heterocycles. The Bertz CT molecular complexity index is 285. The van der Waals surface area contributed by atoms with E-state index in [1.54, 1.807) is 6.92 Å². The highest BCUT2D eigenvalue weighted by Gasteiger charge is 2.07. The summed E-state index contributed by atoms with van der Waals surface area (Å²) in [4.78, 5) is 15.3. The Labute approximate surface area is 77.5 Å². The number of imidazole rings is 1. The van der Waals surface area contributed by atoms with Crippen molar-refractivity contribution >= 4 is 5.97 Å². The number of aryl methyl sites for hydroxylation is 2. The van der Waals surface area contributed by atoms with Crippen LogP contribution in [0.3, 0.4) is 0 Å². The Balaban J connectivity index is 2.59. The molecule has 0 atom stereocenters. The molecule has 1 rings (SSSR count). The number of rotatable bonds is 3. The first kappa shape index (κ1) is 9.77. The third-order valence-corrected chi connectivity index (χ3v) is 1.79. The van der Waals surface area contributed by atoms with Crippen LogP contribution in [0.2, 0.25) is 0 Å². The van der Waals surface area contributed by atoms with Crippen LogP contribution < -0.4 is 0 Å². The molecular formula is C9H14N2O2. The molecule has 1 aromatic rings. The Kier molecular flexibility index (Phi) is 3.06. The Hall–Kier alpha value is -1.32. The predicted octanol–water partition coefficient (Wildman–Crippen LogP) is 0.834. The minimum atomic E-state index is -0.222. The highest BCUT2D eigenvalue weighted by Crippen LogP contribution is 2.01. The van der Waals surface area contributed by atoms with Crippen molar-refractivity contribution in [3.63, 3.8) is 0 Å². The summed E-state index contributed by atoms with van der Waals surface area (Å²) in [6, 6.07) is 0. The van der Waals surface area contributed by atoms with Gasteiger partial charge in [-0.3, -0.25) is 4.79 Å². The lowest BCUT2D eigenvalue weighted by molar-refractivity contribution is -0.142. The third-order valence-electron chi connectivity index (χ3n) is 1.79. The van der Waals surface area contributed by atoms with Crippen molar-refractivity contribution in [3.8, 4) is 0 Å². The van der Waals surface area contributed by atoms with E-state index in [1.807, 2.05) is 24.7 Å². The highest BCUT2D eigenvalue weighted by atomic mass is 16.5. The Morgan fingerprint density at radius 2 is 2.38 bits per heavy atom. The average molecular weight is 182 g/mol. The summed E-state index contributed by atoms with van der Waals surface area (Å²) < 4.78 is 6.69. The van der Waals surface area contributed by atoms with E-state index in [-0.39, 0.29) is 12.4 Å². The SMILES string of the molecule is CCOC(=O)Cc1cn(C)c(C)n1. The van der Waals surface area contributed by atoms with Crippen molar-refractivity contribution in [2.24, 2.45) is 7.05 Å². The van der Waals surface area contributed by atoms with Gasteiger partial charge < -0.3 is 9.30 Å². The van der Waals surface area contributed by atoms with Gasteiger partial charge >= 0.3 is 5.97 Å². The summed E-state index contributed by atoms with van der Waals surface area (Å²) in [5.74, 6) is 0.680. The normalized spacial score (nSPS) is 10.1. The fourth-order valence-electron chi connectivity index (χ4n) is 1.08. The van der Waals surface area contributed by atoms with Gasteiger partial charge in [-0.25, -0.2) is 4.98 Å². The van der Waals surface area contributed by atoms with E-state index in [2.05, 4.69) is 4.98 Å². The number of carbonyl (C=O) groups is 1. The standard InChI is InChI=1S/C9H14N2O2/c1-4-13-9(12)5-8-6-11(3)7(2)10-8/h6H,4-5H2,1-3H3. The first-order valence-corrected chi connectivity index (χ1v) is 4.28. The average Bonchev–Trinajstić information content (AvgIpc) is 2.31. The predicted molar refractivity (Wildman–Crippen MR) is 48.3 cm³/mol. The second-order valence-corrected chi connectivity index (χ2v) is 2.87. The number of ether oxygens (including phenoxy) is 1. The van der Waals surface area contributed by atoms with Gasteiger partial charge in [-0.1, -0.05) is 0 Å². The van der Waals surface area contributed by atoms with Crippen molar-refractivity contribution in [3.05, 3.63) is 17.7 Å². The van der Waals surface area contributed by atoms with Gasteiger partial charge in [0.05, 0.1) is 18.7 Å². The second kappa shape index (κ2) is 4.07. The van der Waals surface area contributed by atoms with E-state index in [4.69, 9.17) is 4.74 Å². The molecule has 4 heteroatoms. The molecule has 0 spiro atoms. The molecule has 0 N–H and O–H groups in total. The van der Waals surface area contributed by atoms with Crippen molar-refractivity contribution in [2.45, 2.75) is 20.3 Å². The zero-order chi connectivity index (χ0) is 9.84. The van der Waals surface area contributed by atoms with Crippen molar-refractivity contribution in [2.75, 3.05) is 6.61 Å². The van der Waals surface area contributed by atoms with E-state index in [1.165, 1.54) is 0 Å². The first-order chi connectivity index (χ1) is 6.13. The maximum Gasteiger partial charge on any atom is 0.311 e. The van der Waals surface area contributed by atoms with Crippen LogP contribution in [-0.4, -0.2) is 22.1 Å². The fourth-order valence-corrected chi connectivity index (χ4v) is 1.08. The molecule has 0 unspecified atom stereocenters. The van der Waals surface area contributed by atoms with Crippen LogP contribution in [0.25, 0.3) is 0 Å². The number of carbonyl (C=O) groups excluding carboxylic acids is 1. The van der Waals surface area contributed by atoms with Gasteiger partial charge in [-0.05, 0) is 13.8 Å². The van der Waals surface area contributed by atoms with E-state index in [0.717, 1.165) is 11.5 Å². The largest absolute Gasteiger partial charge is 0.466 e. The molecule has 0 fully saturated rings. The maximum absolute atomic E-state index is 11.1. The van der Waals surface area contributed by atoms with Crippen LogP contribution in [0.4, 0.5) is 0 Å².